The molecule has 0 radical (unpaired) electrons. The number of carbonyl (C=O) groups is 7. The second-order valence-corrected chi connectivity index (χ2v) is 23.3. The first-order valence-electron chi connectivity index (χ1n) is 29.8. The average Bonchev–Trinajstić information content (AvgIpc) is 1.55. The van der Waals surface area contributed by atoms with Crippen molar-refractivity contribution in [2.24, 2.45) is 11.7 Å². The summed E-state index contributed by atoms with van der Waals surface area (Å²) in [5, 5.41) is 18.5. The number of nitrogens with two attached hydrogens (primary N) is 1. The summed E-state index contributed by atoms with van der Waals surface area (Å²) < 4.78 is 40.6. The number of urea groups is 1. The fourth-order valence-electron chi connectivity index (χ4n) is 9.89. The third-order valence-electron chi connectivity index (χ3n) is 14.3. The lowest BCUT2D eigenvalue weighted by Crippen LogP contribution is -2.54. The average molecular weight is 1260 g/mol. The molecule has 0 saturated carbocycles. The van der Waals surface area contributed by atoms with E-state index in [1.807, 2.05) is 67.5 Å². The lowest BCUT2D eigenvalue weighted by atomic mass is 9.95. The Balaban J connectivity index is 1.12. The van der Waals surface area contributed by atoms with Gasteiger partial charge in [0.1, 0.15) is 42.3 Å². The summed E-state index contributed by atoms with van der Waals surface area (Å²) in [6.07, 6.45) is -2.40. The van der Waals surface area contributed by atoms with Gasteiger partial charge in [-0.3, -0.25) is 19.2 Å². The van der Waals surface area contributed by atoms with Crippen LogP contribution in [0.5, 0.6) is 17.2 Å². The number of benzene rings is 5. The largest absolute Gasteiger partial charge is 0.493 e. The van der Waals surface area contributed by atoms with E-state index in [1.165, 1.54) is 0 Å². The Morgan fingerprint density at radius 3 is 2.09 bits per heavy atom. The van der Waals surface area contributed by atoms with Crippen molar-refractivity contribution in [2.45, 2.75) is 83.8 Å². The first kappa shape index (κ1) is 68.6. The van der Waals surface area contributed by atoms with E-state index in [1.54, 1.807) is 101 Å². The number of carbonyl (C=O) groups excluding carboxylic acids is 7. The molecule has 8 amide bonds. The summed E-state index contributed by atoms with van der Waals surface area (Å²) in [7, 11) is 5.47. The molecule has 0 bridgehead atoms. The topological polar surface area (TPSA) is 305 Å². The van der Waals surface area contributed by atoms with Gasteiger partial charge in [-0.25, -0.2) is 14.4 Å². The minimum atomic E-state index is -1.33. The minimum absolute atomic E-state index is 0.0265. The summed E-state index contributed by atoms with van der Waals surface area (Å²) in [6, 6.07) is 27.1. The van der Waals surface area contributed by atoms with Gasteiger partial charge >= 0.3 is 18.2 Å². The zero-order chi connectivity index (χ0) is 64.9. The van der Waals surface area contributed by atoms with Gasteiger partial charge in [0, 0.05) is 84.2 Å². The minimum Gasteiger partial charge on any atom is -0.493 e. The van der Waals surface area contributed by atoms with Crippen molar-refractivity contribution in [3.63, 3.8) is 0 Å². The van der Waals surface area contributed by atoms with Gasteiger partial charge in [0.25, 0.3) is 11.8 Å². The zero-order valence-electron chi connectivity index (χ0n) is 52.2. The molecule has 25 heteroatoms. The highest BCUT2D eigenvalue weighted by atomic mass is 35.5. The van der Waals surface area contributed by atoms with E-state index in [9.17, 15) is 33.6 Å². The molecule has 0 saturated heterocycles. The van der Waals surface area contributed by atoms with Crippen LogP contribution in [-0.2, 0) is 39.9 Å². The van der Waals surface area contributed by atoms with Gasteiger partial charge in [0.05, 0.1) is 39.2 Å². The first-order chi connectivity index (χ1) is 43.1. The molecule has 0 fully saturated rings. The van der Waals surface area contributed by atoms with Crippen molar-refractivity contribution < 1.29 is 66.7 Å². The molecule has 24 nitrogen and oxygen atoms in total. The third-order valence-corrected chi connectivity index (χ3v) is 14.7. The van der Waals surface area contributed by atoms with Crippen LogP contribution in [0.2, 0.25) is 0 Å². The first-order valence-corrected chi connectivity index (χ1v) is 30.4. The molecule has 6 aromatic rings. The number of aromatic amines is 1. The number of halogens is 1. The van der Waals surface area contributed by atoms with Crippen LogP contribution in [0.25, 0.3) is 21.7 Å². The van der Waals surface area contributed by atoms with E-state index in [0.29, 0.717) is 58.2 Å². The number of aromatic nitrogens is 1. The van der Waals surface area contributed by atoms with Crippen LogP contribution in [0.1, 0.15) is 86.7 Å². The summed E-state index contributed by atoms with van der Waals surface area (Å²) in [5.74, 6) is -1.29. The molecule has 4 atom stereocenters. The Morgan fingerprint density at radius 1 is 0.744 bits per heavy atom. The van der Waals surface area contributed by atoms with Crippen LogP contribution in [0.15, 0.2) is 103 Å². The second-order valence-electron chi connectivity index (χ2n) is 23.0. The Hall–Kier alpha value is -8.84. The molecule has 9 N–H and O–H groups in total. The number of likely N-dealkylation sites (N-methyl/N-ethyl adjacent to an activating group) is 1. The maximum absolute atomic E-state index is 14.9. The summed E-state index contributed by atoms with van der Waals surface area (Å²) in [4.78, 5) is 101. The Bertz CT molecular complexity index is 3410. The number of alkyl halides is 1. The van der Waals surface area contributed by atoms with Crippen molar-refractivity contribution in [2.75, 3.05) is 103 Å². The summed E-state index contributed by atoms with van der Waals surface area (Å²) in [6.45, 7) is 11.3. The van der Waals surface area contributed by atoms with Crippen molar-refractivity contribution in [1.29, 1.82) is 0 Å². The standard InChI is InChI=1S/C65H83ClN10O14/c1-40(2)56(74-64(83)88-39-41-15-10-9-11-16-41)59(78)73-48(19-14-24-69-62(67)81)58(77)71-45-22-20-42(21-23-45)57(60(79)68-25-28-85-31-32-86-29-26-70-63(82)90-65(3,4)5)89-52-36-51-55(47-18-13-12-17-46(47)52)44(37-66)38-76(51)61(80)50-33-43-34-54(87-30-27-75(6)7)53(84-8)35-49(43)72-50/h9-13,15-18,20-23,33-36,40,44,48,56-57,72H,14,19,24-32,37-39H2,1-8H3,(H,68,79)(H,70,82)(H,71,77)(H,73,78)(H,74,83)(H3,67,69,81). The highest BCUT2D eigenvalue weighted by molar-refractivity contribution is 6.19. The van der Waals surface area contributed by atoms with Gasteiger partial charge in [0.15, 0.2) is 11.5 Å². The molecule has 2 heterocycles. The number of nitrogens with zero attached hydrogens (tertiary/aromatic N) is 2. The number of primary amides is 1. The number of nitrogens with one attached hydrogen (secondary N) is 7. The van der Waals surface area contributed by atoms with Gasteiger partial charge in [-0.1, -0.05) is 80.6 Å². The molecule has 7 rings (SSSR count). The SMILES string of the molecule is COc1cc2[nH]c(C(=O)N3CC(CCl)c4c3cc(OC(C(=O)NCCOCCOCCNC(=O)OC(C)(C)C)c3ccc(NC(=O)C(CCCNC(N)=O)NC(=O)C(NC(=O)OCc5ccccc5)C(C)C)cc3)c3ccccc43)cc2cc1OCCN(C)C. The van der Waals surface area contributed by atoms with Crippen molar-refractivity contribution in [3.8, 4) is 17.2 Å². The highest BCUT2D eigenvalue weighted by Gasteiger charge is 2.37. The molecule has 5 aromatic carbocycles. The predicted octanol–water partition coefficient (Wildman–Crippen LogP) is 7.87. The zero-order valence-corrected chi connectivity index (χ0v) is 52.9. The lowest BCUT2D eigenvalue weighted by molar-refractivity contribution is -0.128. The summed E-state index contributed by atoms with van der Waals surface area (Å²) in [5.41, 5.74) is 8.45. The lowest BCUT2D eigenvalue weighted by Gasteiger charge is -2.25. The summed E-state index contributed by atoms with van der Waals surface area (Å²) >= 11 is 6.72. The van der Waals surface area contributed by atoms with E-state index < -0.39 is 65.6 Å². The van der Waals surface area contributed by atoms with Crippen LogP contribution in [-0.4, -0.2) is 162 Å². The van der Waals surface area contributed by atoms with Gasteiger partial charge in [-0.05, 0) is 94.4 Å². The van der Waals surface area contributed by atoms with Crippen LogP contribution in [0.3, 0.4) is 0 Å². The molecule has 484 valence electrons. The Labute approximate surface area is 528 Å². The smallest absolute Gasteiger partial charge is 0.408 e. The number of anilines is 2. The number of alkyl carbamates (subject to hydrolysis) is 2. The predicted molar refractivity (Wildman–Crippen MR) is 342 cm³/mol. The van der Waals surface area contributed by atoms with Gasteiger partial charge in [-0.2, -0.15) is 0 Å². The molecule has 0 spiro atoms. The quantitative estimate of drug-likeness (QED) is 0.0147. The van der Waals surface area contributed by atoms with Gasteiger partial charge in [0.2, 0.25) is 17.9 Å². The van der Waals surface area contributed by atoms with Crippen LogP contribution < -0.4 is 56.7 Å². The van der Waals surface area contributed by atoms with E-state index in [-0.39, 0.29) is 95.5 Å². The molecule has 90 heavy (non-hydrogen) atoms. The number of methoxy groups -OCH3 is 1. The van der Waals surface area contributed by atoms with E-state index in [2.05, 4.69) is 36.9 Å². The van der Waals surface area contributed by atoms with Gasteiger partial charge in [-0.15, -0.1) is 11.6 Å². The normalized spacial score (nSPS) is 13.9. The number of fused-ring (bicyclic) bond motifs is 4. The van der Waals surface area contributed by atoms with Gasteiger partial charge < -0.3 is 85.6 Å². The maximum Gasteiger partial charge on any atom is 0.408 e. The van der Waals surface area contributed by atoms with Crippen molar-refractivity contribution >= 4 is 86.5 Å². The van der Waals surface area contributed by atoms with E-state index in [0.717, 1.165) is 21.9 Å². The van der Waals surface area contributed by atoms with Crippen molar-refractivity contribution in [1.82, 2.24) is 36.5 Å². The molecular formula is C65H83ClN10O14. The molecule has 0 aliphatic carbocycles. The maximum atomic E-state index is 14.9. The molecule has 1 aliphatic rings. The monoisotopic (exact) mass is 1260 g/mol. The van der Waals surface area contributed by atoms with E-state index in [4.69, 9.17) is 50.5 Å². The third kappa shape index (κ3) is 19.8. The Morgan fingerprint density at radius 2 is 1.43 bits per heavy atom. The second kappa shape index (κ2) is 33.1. The number of hydrogen-bond donors (Lipinski definition) is 8. The number of amides is 8. The molecule has 1 aromatic heterocycles. The number of hydrogen-bond acceptors (Lipinski definition) is 15. The highest BCUT2D eigenvalue weighted by Crippen LogP contribution is 2.47. The number of rotatable bonds is 32. The molecule has 1 aliphatic heterocycles. The van der Waals surface area contributed by atoms with E-state index >= 15 is 0 Å². The number of ether oxygens (including phenoxy) is 7. The molecule has 4 unspecified atom stereocenters. The fourth-order valence-corrected chi connectivity index (χ4v) is 10.1. The van der Waals surface area contributed by atoms with Crippen LogP contribution in [0, 0.1) is 5.92 Å². The Kier molecular flexibility index (Phi) is 25.3. The number of H-pyrrole nitrogens is 1. The van der Waals surface area contributed by atoms with Crippen molar-refractivity contribution in [3.05, 3.63) is 126 Å². The van der Waals surface area contributed by atoms with Crippen LogP contribution >= 0.6 is 11.6 Å². The molecular weight excluding hydrogens is 1180 g/mol. The van der Waals surface area contributed by atoms with Crippen LogP contribution in [0.4, 0.5) is 25.8 Å². The fraction of sp³-hybridized carbons (Fsp3) is 0.431.